The Bertz CT molecular complexity index is 328. The summed E-state index contributed by atoms with van der Waals surface area (Å²) in [7, 11) is 0. The van der Waals surface area contributed by atoms with E-state index in [1.165, 1.54) is 30.4 Å². The molecule has 1 unspecified atom stereocenters. The van der Waals surface area contributed by atoms with E-state index in [0.29, 0.717) is 17.9 Å². The van der Waals surface area contributed by atoms with E-state index in [2.05, 4.69) is 26.0 Å². The first-order valence-electron chi connectivity index (χ1n) is 5.78. The van der Waals surface area contributed by atoms with E-state index in [1.807, 2.05) is 6.07 Å². The van der Waals surface area contributed by atoms with Crippen molar-refractivity contribution in [2.24, 2.45) is 5.92 Å². The van der Waals surface area contributed by atoms with Crippen LogP contribution in [0.15, 0.2) is 24.2 Å². The molecule has 13 heavy (non-hydrogen) atoms. The van der Waals surface area contributed by atoms with E-state index < -0.39 is 0 Å². The first kappa shape index (κ1) is 7.61. The minimum Gasteiger partial charge on any atom is -0.0622 e. The molecule has 0 saturated heterocycles. The van der Waals surface area contributed by atoms with Gasteiger partial charge in [-0.05, 0) is 42.2 Å². The highest BCUT2D eigenvalue weighted by atomic mass is 14.3. The molecule has 1 aliphatic carbocycles. The van der Waals surface area contributed by atoms with Crippen LogP contribution in [0.25, 0.3) is 0 Å². The minimum absolute atomic E-state index is 0.663. The zero-order chi connectivity index (χ0) is 10.1. The molecule has 0 aliphatic heterocycles. The lowest BCUT2D eigenvalue weighted by atomic mass is 9.77. The molecule has 0 aromatic heterocycles. The van der Waals surface area contributed by atoms with Gasteiger partial charge in [-0.3, -0.25) is 0 Å². The van der Waals surface area contributed by atoms with Gasteiger partial charge >= 0.3 is 0 Å². The number of rotatable bonds is 1. The molecule has 0 heteroatoms. The summed E-state index contributed by atoms with van der Waals surface area (Å²) >= 11 is 0. The molecule has 0 fully saturated rings. The average Bonchev–Trinajstić information content (AvgIpc) is 2.16. The number of fused-ring (bicyclic) bond motifs is 1. The fourth-order valence-electron chi connectivity index (χ4n) is 2.41. The molecule has 70 valence electrons. The molecule has 1 aromatic rings. The quantitative estimate of drug-likeness (QED) is 0.611. The Morgan fingerprint density at radius 2 is 2.31 bits per heavy atom. The molecular weight excluding hydrogens is 156 g/mol. The molecule has 0 bridgehead atoms. The van der Waals surface area contributed by atoms with Crippen LogP contribution in [-0.2, 0) is 6.42 Å². The van der Waals surface area contributed by atoms with Crippen LogP contribution in [0.3, 0.4) is 0 Å². The Labute approximate surface area is 82.4 Å². The van der Waals surface area contributed by atoms with E-state index in [9.17, 15) is 0 Å². The minimum atomic E-state index is 0.663. The predicted molar refractivity (Wildman–Crippen MR) is 57.0 cm³/mol. The van der Waals surface area contributed by atoms with Crippen molar-refractivity contribution in [3.8, 4) is 0 Å². The first-order valence-corrected chi connectivity index (χ1v) is 5.28. The van der Waals surface area contributed by atoms with Gasteiger partial charge in [0, 0.05) is 0 Å². The Kier molecular flexibility index (Phi) is 2.07. The molecule has 1 aromatic carbocycles. The summed E-state index contributed by atoms with van der Waals surface area (Å²) < 4.78 is 7.67. The van der Waals surface area contributed by atoms with Gasteiger partial charge in [-0.15, -0.1) is 0 Å². The van der Waals surface area contributed by atoms with Crippen molar-refractivity contribution in [2.75, 3.05) is 0 Å². The molecule has 0 heterocycles. The van der Waals surface area contributed by atoms with Crippen LogP contribution in [0.5, 0.6) is 0 Å². The summed E-state index contributed by atoms with van der Waals surface area (Å²) in [4.78, 5) is 0. The maximum atomic E-state index is 7.67. The van der Waals surface area contributed by atoms with Crippen LogP contribution in [0.4, 0.5) is 0 Å². The van der Waals surface area contributed by atoms with Crippen LogP contribution in [0.1, 0.15) is 45.1 Å². The normalized spacial score (nSPS) is 22.7. The second-order valence-electron chi connectivity index (χ2n) is 4.37. The smallest absolute Gasteiger partial charge is 0.0622 e. The zero-order valence-electron chi connectivity index (χ0n) is 9.51. The molecule has 0 nitrogen and oxygen atoms in total. The lowest BCUT2D eigenvalue weighted by molar-refractivity contribution is 0.433. The summed E-state index contributed by atoms with van der Waals surface area (Å²) in [6.07, 6.45) is 3.82. The molecule has 0 radical (unpaired) electrons. The second-order valence-corrected chi connectivity index (χ2v) is 4.37. The Hall–Kier alpha value is -0.780. The van der Waals surface area contributed by atoms with Gasteiger partial charge in [-0.2, -0.15) is 0 Å². The summed E-state index contributed by atoms with van der Waals surface area (Å²) in [6, 6.07) is 6.80. The van der Waals surface area contributed by atoms with Crippen molar-refractivity contribution in [1.29, 1.82) is 0 Å². The van der Waals surface area contributed by atoms with E-state index in [1.54, 1.807) is 0 Å². The van der Waals surface area contributed by atoms with Crippen molar-refractivity contribution < 1.29 is 1.37 Å². The highest BCUT2D eigenvalue weighted by molar-refractivity contribution is 5.32. The topological polar surface area (TPSA) is 0 Å². The molecule has 0 spiro atoms. The lowest BCUT2D eigenvalue weighted by Gasteiger charge is -2.28. The third-order valence-electron chi connectivity index (χ3n) is 3.16. The third kappa shape index (κ3) is 1.63. The van der Waals surface area contributed by atoms with Crippen LogP contribution in [0, 0.1) is 5.92 Å². The maximum Gasteiger partial charge on any atom is 0.0623 e. The molecule has 0 saturated carbocycles. The van der Waals surface area contributed by atoms with E-state index in [0.717, 1.165) is 0 Å². The van der Waals surface area contributed by atoms with Gasteiger partial charge in [0.25, 0.3) is 0 Å². The van der Waals surface area contributed by atoms with Crippen LogP contribution < -0.4 is 0 Å². The Morgan fingerprint density at radius 3 is 3.08 bits per heavy atom. The van der Waals surface area contributed by atoms with Crippen LogP contribution >= 0.6 is 0 Å². The highest BCUT2D eigenvalue weighted by Crippen LogP contribution is 2.36. The van der Waals surface area contributed by atoms with Crippen molar-refractivity contribution in [3.05, 3.63) is 35.4 Å². The number of benzene rings is 1. The van der Waals surface area contributed by atoms with Crippen LogP contribution in [0.2, 0.25) is 0 Å². The van der Waals surface area contributed by atoms with E-state index in [-0.39, 0.29) is 0 Å². The maximum absolute atomic E-state index is 7.67. The number of hydrogen-bond acceptors (Lipinski definition) is 0. The first-order chi connectivity index (χ1) is 6.68. The van der Waals surface area contributed by atoms with Gasteiger partial charge in [0.15, 0.2) is 0 Å². The van der Waals surface area contributed by atoms with Crippen molar-refractivity contribution in [1.82, 2.24) is 0 Å². The lowest BCUT2D eigenvalue weighted by Crippen LogP contribution is -2.14. The van der Waals surface area contributed by atoms with Crippen molar-refractivity contribution in [2.45, 2.75) is 39.0 Å². The van der Waals surface area contributed by atoms with Gasteiger partial charge in [-0.1, -0.05) is 38.1 Å². The number of hydrogen-bond donors (Lipinski definition) is 0. The third-order valence-corrected chi connectivity index (χ3v) is 3.16. The largest absolute Gasteiger partial charge is 0.0623 e. The van der Waals surface area contributed by atoms with E-state index in [4.69, 9.17) is 1.37 Å². The highest BCUT2D eigenvalue weighted by Gasteiger charge is 2.21. The Balaban J connectivity index is 2.41. The van der Waals surface area contributed by atoms with Crippen molar-refractivity contribution in [3.63, 3.8) is 0 Å². The Morgan fingerprint density at radius 1 is 1.46 bits per heavy atom. The SMILES string of the molecule is [3H]c1ccc2c(c1)C(C(C)C)CCC2. The van der Waals surface area contributed by atoms with Gasteiger partial charge < -0.3 is 0 Å². The predicted octanol–water partition coefficient (Wildman–Crippen LogP) is 3.76. The van der Waals surface area contributed by atoms with Gasteiger partial charge in [-0.25, -0.2) is 0 Å². The summed E-state index contributed by atoms with van der Waals surface area (Å²) in [5, 5.41) is 0. The van der Waals surface area contributed by atoms with E-state index >= 15 is 0 Å². The zero-order valence-corrected chi connectivity index (χ0v) is 8.51. The average molecular weight is 176 g/mol. The molecule has 1 atom stereocenters. The monoisotopic (exact) mass is 176 g/mol. The second kappa shape index (κ2) is 3.53. The number of aryl methyl sites for hydroxylation is 1. The molecule has 0 amide bonds. The molecule has 2 rings (SSSR count). The molecule has 1 aliphatic rings. The van der Waals surface area contributed by atoms with Gasteiger partial charge in [0.2, 0.25) is 0 Å². The summed E-state index contributed by atoms with van der Waals surface area (Å²) in [5.74, 6) is 1.39. The summed E-state index contributed by atoms with van der Waals surface area (Å²) in [6.45, 7) is 4.58. The van der Waals surface area contributed by atoms with Crippen LogP contribution in [-0.4, -0.2) is 0 Å². The molecule has 0 N–H and O–H groups in total. The van der Waals surface area contributed by atoms with Crippen molar-refractivity contribution >= 4 is 0 Å². The standard InChI is InChI=1S/C13H18/c1-10(2)12-9-5-7-11-6-3-4-8-13(11)12/h3-4,6,8,10,12H,5,7,9H2,1-2H3/i4T. The molecular formula is C13H18. The van der Waals surface area contributed by atoms with Gasteiger partial charge in [0.05, 0.1) is 1.37 Å². The summed E-state index contributed by atoms with van der Waals surface area (Å²) in [5.41, 5.74) is 2.92. The fraction of sp³-hybridized carbons (Fsp3) is 0.538. The fourth-order valence-corrected chi connectivity index (χ4v) is 2.41. The van der Waals surface area contributed by atoms with Gasteiger partial charge in [0.1, 0.15) is 0 Å².